The molecule has 0 aliphatic heterocycles. The first-order valence-corrected chi connectivity index (χ1v) is 6.19. The van der Waals surface area contributed by atoms with Crippen LogP contribution in [-0.2, 0) is 0 Å². The van der Waals surface area contributed by atoms with E-state index >= 15 is 0 Å². The van der Waals surface area contributed by atoms with Gasteiger partial charge >= 0.3 is 0 Å². The molecule has 2 N–H and O–H groups in total. The molecule has 2 rings (SSSR count). The zero-order valence-electron chi connectivity index (χ0n) is 11.4. The Kier molecular flexibility index (Phi) is 3.86. The van der Waals surface area contributed by atoms with Gasteiger partial charge in [0.1, 0.15) is 0 Å². The van der Waals surface area contributed by atoms with Crippen LogP contribution in [0.15, 0.2) is 36.4 Å². The Balaban J connectivity index is 2.41. The zero-order valence-corrected chi connectivity index (χ0v) is 11.4. The molecule has 2 aromatic carbocycles. The van der Waals surface area contributed by atoms with Gasteiger partial charge in [0.25, 0.3) is 0 Å². The summed E-state index contributed by atoms with van der Waals surface area (Å²) < 4.78 is 18.6. The highest BCUT2D eigenvalue weighted by Gasteiger charge is 2.14. The zero-order chi connectivity index (χ0) is 14.0. The highest BCUT2D eigenvalue weighted by molar-refractivity contribution is 5.41. The largest absolute Gasteiger partial charge is 0.494 e. The fourth-order valence-corrected chi connectivity index (χ4v) is 2.17. The summed E-state index contributed by atoms with van der Waals surface area (Å²) in [6, 6.07) is 10.5. The molecular formula is C16H18FNO. The molecule has 0 radical (unpaired) electrons. The predicted molar refractivity (Wildman–Crippen MR) is 74.9 cm³/mol. The summed E-state index contributed by atoms with van der Waals surface area (Å²) in [5.41, 5.74) is 10.3. The van der Waals surface area contributed by atoms with Gasteiger partial charge in [0.15, 0.2) is 11.6 Å². The van der Waals surface area contributed by atoms with Crippen molar-refractivity contribution < 1.29 is 9.13 Å². The Hall–Kier alpha value is -1.87. The Morgan fingerprint density at radius 2 is 1.89 bits per heavy atom. The molecule has 100 valence electrons. The number of rotatable bonds is 3. The van der Waals surface area contributed by atoms with Gasteiger partial charge in [0.2, 0.25) is 0 Å². The van der Waals surface area contributed by atoms with Gasteiger partial charge in [0.05, 0.1) is 13.2 Å². The molecule has 0 amide bonds. The summed E-state index contributed by atoms with van der Waals surface area (Å²) in [5.74, 6) is -0.155. The van der Waals surface area contributed by atoms with E-state index in [4.69, 9.17) is 10.5 Å². The quantitative estimate of drug-likeness (QED) is 0.915. The monoisotopic (exact) mass is 259 g/mol. The van der Waals surface area contributed by atoms with Crippen LogP contribution < -0.4 is 10.5 Å². The fourth-order valence-electron chi connectivity index (χ4n) is 2.17. The molecule has 2 aromatic rings. The summed E-state index contributed by atoms with van der Waals surface area (Å²) in [5, 5.41) is 0. The Bertz CT molecular complexity index is 595. The minimum atomic E-state index is -0.388. The molecular weight excluding hydrogens is 241 g/mol. The van der Waals surface area contributed by atoms with E-state index in [2.05, 4.69) is 0 Å². The van der Waals surface area contributed by atoms with Crippen molar-refractivity contribution in [3.63, 3.8) is 0 Å². The number of halogens is 1. The Labute approximate surface area is 113 Å². The van der Waals surface area contributed by atoms with Crippen molar-refractivity contribution in [2.24, 2.45) is 5.73 Å². The smallest absolute Gasteiger partial charge is 0.165 e. The molecule has 3 heteroatoms. The Morgan fingerprint density at radius 1 is 1.16 bits per heavy atom. The molecule has 0 aliphatic rings. The van der Waals surface area contributed by atoms with Crippen LogP contribution in [0.1, 0.15) is 28.3 Å². The van der Waals surface area contributed by atoms with E-state index in [1.807, 2.05) is 32.0 Å². The second-order valence-electron chi connectivity index (χ2n) is 4.66. The lowest BCUT2D eigenvalue weighted by Crippen LogP contribution is -2.14. The third kappa shape index (κ3) is 2.61. The molecule has 1 unspecified atom stereocenters. The van der Waals surface area contributed by atoms with E-state index in [1.165, 1.54) is 18.7 Å². The average Bonchev–Trinajstić information content (AvgIpc) is 2.41. The maximum atomic E-state index is 13.7. The minimum absolute atomic E-state index is 0.233. The first kappa shape index (κ1) is 13.6. The molecule has 0 saturated carbocycles. The molecule has 0 heterocycles. The van der Waals surface area contributed by atoms with E-state index in [0.717, 1.165) is 16.7 Å². The van der Waals surface area contributed by atoms with Crippen LogP contribution in [0.2, 0.25) is 0 Å². The van der Waals surface area contributed by atoms with Crippen LogP contribution in [0.25, 0.3) is 0 Å². The lowest BCUT2D eigenvalue weighted by molar-refractivity contribution is 0.386. The predicted octanol–water partition coefficient (Wildman–Crippen LogP) is 3.50. The summed E-state index contributed by atoms with van der Waals surface area (Å²) in [6.07, 6.45) is 0. The first-order chi connectivity index (χ1) is 9.04. The molecule has 1 atom stereocenters. The molecule has 0 spiro atoms. The number of methoxy groups -OCH3 is 1. The molecule has 0 saturated heterocycles. The topological polar surface area (TPSA) is 35.2 Å². The third-order valence-electron chi connectivity index (χ3n) is 3.52. The van der Waals surface area contributed by atoms with Gasteiger partial charge in [-0.25, -0.2) is 4.39 Å². The normalized spacial score (nSPS) is 12.3. The van der Waals surface area contributed by atoms with Gasteiger partial charge in [-0.3, -0.25) is 0 Å². The van der Waals surface area contributed by atoms with Crippen molar-refractivity contribution in [1.82, 2.24) is 0 Å². The van der Waals surface area contributed by atoms with Crippen molar-refractivity contribution in [2.45, 2.75) is 19.9 Å². The van der Waals surface area contributed by atoms with Crippen molar-refractivity contribution in [3.8, 4) is 5.75 Å². The minimum Gasteiger partial charge on any atom is -0.494 e. The molecule has 19 heavy (non-hydrogen) atoms. The number of ether oxygens (including phenoxy) is 1. The van der Waals surface area contributed by atoms with Crippen molar-refractivity contribution in [3.05, 3.63) is 64.5 Å². The van der Waals surface area contributed by atoms with E-state index in [9.17, 15) is 4.39 Å². The van der Waals surface area contributed by atoms with Gasteiger partial charge in [-0.2, -0.15) is 0 Å². The molecule has 0 fully saturated rings. The van der Waals surface area contributed by atoms with Crippen molar-refractivity contribution in [1.29, 1.82) is 0 Å². The third-order valence-corrected chi connectivity index (χ3v) is 3.52. The summed E-state index contributed by atoms with van der Waals surface area (Å²) >= 11 is 0. The van der Waals surface area contributed by atoms with E-state index in [1.54, 1.807) is 12.1 Å². The number of aryl methyl sites for hydroxylation is 1. The number of nitrogens with two attached hydrogens (primary N) is 1. The summed E-state index contributed by atoms with van der Waals surface area (Å²) in [4.78, 5) is 0. The van der Waals surface area contributed by atoms with Crippen molar-refractivity contribution >= 4 is 0 Å². The molecule has 0 bridgehead atoms. The molecule has 0 aromatic heterocycles. The van der Waals surface area contributed by atoms with Crippen LogP contribution in [-0.4, -0.2) is 7.11 Å². The van der Waals surface area contributed by atoms with Crippen LogP contribution in [0.5, 0.6) is 5.75 Å². The standard InChI is InChI=1S/C16H18FNO/c1-10-5-4-6-13(11(10)2)16(18)12-7-8-15(19-3)14(17)9-12/h4-9,16H,18H2,1-3H3. The van der Waals surface area contributed by atoms with Crippen LogP contribution in [0.3, 0.4) is 0 Å². The van der Waals surface area contributed by atoms with Gasteiger partial charge in [-0.1, -0.05) is 24.3 Å². The van der Waals surface area contributed by atoms with E-state index in [-0.39, 0.29) is 17.6 Å². The maximum Gasteiger partial charge on any atom is 0.165 e. The average molecular weight is 259 g/mol. The second kappa shape index (κ2) is 5.41. The van der Waals surface area contributed by atoms with Crippen LogP contribution in [0, 0.1) is 19.7 Å². The van der Waals surface area contributed by atoms with E-state index in [0.29, 0.717) is 0 Å². The summed E-state index contributed by atoms with van der Waals surface area (Å²) in [7, 11) is 1.45. The van der Waals surface area contributed by atoms with Gasteiger partial charge in [-0.15, -0.1) is 0 Å². The van der Waals surface area contributed by atoms with Gasteiger partial charge in [-0.05, 0) is 48.2 Å². The van der Waals surface area contributed by atoms with Crippen molar-refractivity contribution in [2.75, 3.05) is 7.11 Å². The summed E-state index contributed by atoms with van der Waals surface area (Å²) in [6.45, 7) is 4.07. The number of benzene rings is 2. The second-order valence-corrected chi connectivity index (χ2v) is 4.66. The highest BCUT2D eigenvalue weighted by Crippen LogP contribution is 2.27. The number of hydrogen-bond acceptors (Lipinski definition) is 2. The van der Waals surface area contributed by atoms with Gasteiger partial charge in [0, 0.05) is 0 Å². The van der Waals surface area contributed by atoms with Gasteiger partial charge < -0.3 is 10.5 Å². The first-order valence-electron chi connectivity index (χ1n) is 6.19. The lowest BCUT2D eigenvalue weighted by Gasteiger charge is -2.17. The SMILES string of the molecule is COc1ccc(C(N)c2cccc(C)c2C)cc1F. The fraction of sp³-hybridized carbons (Fsp3) is 0.250. The van der Waals surface area contributed by atoms with Crippen LogP contribution >= 0.6 is 0 Å². The van der Waals surface area contributed by atoms with Crippen LogP contribution in [0.4, 0.5) is 4.39 Å². The highest BCUT2D eigenvalue weighted by atomic mass is 19.1. The molecule has 0 aliphatic carbocycles. The number of hydrogen-bond donors (Lipinski definition) is 1. The molecule has 2 nitrogen and oxygen atoms in total. The maximum absolute atomic E-state index is 13.7. The Morgan fingerprint density at radius 3 is 2.53 bits per heavy atom. The lowest BCUT2D eigenvalue weighted by atomic mass is 9.93. The van der Waals surface area contributed by atoms with E-state index < -0.39 is 0 Å².